The lowest BCUT2D eigenvalue weighted by Gasteiger charge is -2.29. The molecule has 0 radical (unpaired) electrons. The Morgan fingerprint density at radius 3 is 2.22 bits per heavy atom. The lowest BCUT2D eigenvalue weighted by Crippen LogP contribution is -2.19. The van der Waals surface area contributed by atoms with Crippen LogP contribution in [0, 0.1) is 17.2 Å². The van der Waals surface area contributed by atoms with Gasteiger partial charge in [-0.1, -0.05) is 59.2 Å². The Bertz CT molecular complexity index is 356. The van der Waals surface area contributed by atoms with Crippen LogP contribution in [-0.4, -0.2) is 0 Å². The van der Waals surface area contributed by atoms with Crippen molar-refractivity contribution in [2.75, 3.05) is 0 Å². The molecular formula is C16H26ClF. The molecule has 104 valence electrons. The molecule has 0 aliphatic heterocycles. The normalized spacial score (nSPS) is 11.2. The maximum Gasteiger partial charge on any atom is 0.142 e. The van der Waals surface area contributed by atoms with Gasteiger partial charge in [-0.25, -0.2) is 4.39 Å². The monoisotopic (exact) mass is 272 g/mol. The lowest BCUT2D eigenvalue weighted by atomic mass is 9.77. The molecule has 0 saturated heterocycles. The first-order valence-electron chi connectivity index (χ1n) is 6.77. The van der Waals surface area contributed by atoms with Crippen LogP contribution in [0.3, 0.4) is 0 Å². The van der Waals surface area contributed by atoms with Crippen LogP contribution in [0.1, 0.15) is 53.5 Å². The number of benzene rings is 1. The van der Waals surface area contributed by atoms with Crippen LogP contribution in [0.5, 0.6) is 0 Å². The van der Waals surface area contributed by atoms with E-state index in [0.717, 1.165) is 18.4 Å². The molecule has 1 aromatic carbocycles. The Balaban J connectivity index is 0.00000137. The molecule has 0 aliphatic rings. The third kappa shape index (κ3) is 5.39. The van der Waals surface area contributed by atoms with E-state index in [-0.39, 0.29) is 16.3 Å². The Kier molecular flexibility index (Phi) is 7.54. The number of hydrogen-bond donors (Lipinski definition) is 0. The molecule has 0 fully saturated rings. The van der Waals surface area contributed by atoms with Crippen LogP contribution in [-0.2, 0) is 6.42 Å². The maximum absolute atomic E-state index is 13.2. The van der Waals surface area contributed by atoms with E-state index in [9.17, 15) is 4.39 Å². The summed E-state index contributed by atoms with van der Waals surface area (Å²) in [7, 11) is 0. The minimum Gasteiger partial charge on any atom is -0.205 e. The summed E-state index contributed by atoms with van der Waals surface area (Å²) >= 11 is 5.65. The molecular weight excluding hydrogens is 247 g/mol. The van der Waals surface area contributed by atoms with Gasteiger partial charge in [0.05, 0.1) is 5.02 Å². The summed E-state index contributed by atoms with van der Waals surface area (Å²) < 4.78 is 13.2. The van der Waals surface area contributed by atoms with E-state index in [4.69, 9.17) is 11.6 Å². The predicted octanol–water partition coefficient (Wildman–Crippen LogP) is 6.12. The molecule has 0 atom stereocenters. The number of hydrogen-bond acceptors (Lipinski definition) is 0. The van der Waals surface area contributed by atoms with Crippen LogP contribution in [0.25, 0.3) is 0 Å². The quantitative estimate of drug-likeness (QED) is 0.619. The zero-order valence-corrected chi connectivity index (χ0v) is 13.2. The highest BCUT2D eigenvalue weighted by Gasteiger charge is 2.21. The smallest absolute Gasteiger partial charge is 0.142 e. The Labute approximate surface area is 117 Å². The zero-order chi connectivity index (χ0) is 14.3. The molecule has 0 unspecified atom stereocenters. The first-order chi connectivity index (χ1) is 8.33. The van der Waals surface area contributed by atoms with Crippen molar-refractivity contribution in [3.05, 3.63) is 34.6 Å². The average Bonchev–Trinajstić information content (AvgIpc) is 2.33. The fourth-order valence-electron chi connectivity index (χ4n) is 1.45. The summed E-state index contributed by atoms with van der Waals surface area (Å²) in [6.07, 6.45) is 1.96. The molecule has 0 aliphatic carbocycles. The van der Waals surface area contributed by atoms with Crippen molar-refractivity contribution in [2.24, 2.45) is 11.3 Å². The van der Waals surface area contributed by atoms with Crippen molar-refractivity contribution in [2.45, 2.75) is 54.4 Å². The summed E-state index contributed by atoms with van der Waals surface area (Å²) in [6.45, 7) is 13.0. The second-order valence-electron chi connectivity index (χ2n) is 5.39. The highest BCUT2D eigenvalue weighted by Crippen LogP contribution is 2.31. The van der Waals surface area contributed by atoms with Crippen molar-refractivity contribution in [3.8, 4) is 0 Å². The van der Waals surface area contributed by atoms with Gasteiger partial charge in [-0.15, -0.1) is 0 Å². The Hall–Kier alpha value is -0.560. The van der Waals surface area contributed by atoms with Gasteiger partial charge in [-0.3, -0.25) is 0 Å². The van der Waals surface area contributed by atoms with Crippen LogP contribution in [0.2, 0.25) is 5.02 Å². The van der Waals surface area contributed by atoms with E-state index >= 15 is 0 Å². The third-order valence-electron chi connectivity index (χ3n) is 3.60. The molecule has 0 saturated carbocycles. The van der Waals surface area contributed by atoms with Crippen molar-refractivity contribution in [1.29, 1.82) is 0 Å². The lowest BCUT2D eigenvalue weighted by molar-refractivity contribution is 0.229. The third-order valence-corrected chi connectivity index (χ3v) is 3.91. The van der Waals surface area contributed by atoms with Gasteiger partial charge in [-0.2, -0.15) is 0 Å². The van der Waals surface area contributed by atoms with Crippen molar-refractivity contribution < 1.29 is 4.39 Å². The van der Waals surface area contributed by atoms with Gasteiger partial charge in [0, 0.05) is 0 Å². The molecule has 1 aromatic rings. The van der Waals surface area contributed by atoms with E-state index in [2.05, 4.69) is 27.7 Å². The minimum atomic E-state index is -0.318. The summed E-state index contributed by atoms with van der Waals surface area (Å²) in [6, 6.07) is 5.08. The van der Waals surface area contributed by atoms with Crippen LogP contribution < -0.4 is 0 Å². The fourth-order valence-corrected chi connectivity index (χ4v) is 1.57. The largest absolute Gasteiger partial charge is 0.205 e. The summed E-state index contributed by atoms with van der Waals surface area (Å²) in [5, 5.41) is 0.201. The number of halogens is 2. The molecule has 18 heavy (non-hydrogen) atoms. The second kappa shape index (κ2) is 7.78. The molecule has 0 spiro atoms. The molecule has 0 N–H and O–H groups in total. The van der Waals surface area contributed by atoms with Gasteiger partial charge >= 0.3 is 0 Å². The molecule has 0 aromatic heterocycles. The molecule has 2 heteroatoms. The standard InChI is InChI=1S/C14H20ClF.C2H6/c1-10(2)14(3,4)8-7-11-5-6-12(15)13(16)9-11;1-2/h5-6,9-10H,7-8H2,1-4H3;1-2H3. The molecule has 0 amide bonds. The van der Waals surface area contributed by atoms with E-state index in [1.807, 2.05) is 19.9 Å². The highest BCUT2D eigenvalue weighted by atomic mass is 35.5. The maximum atomic E-state index is 13.2. The van der Waals surface area contributed by atoms with Gasteiger partial charge in [0.1, 0.15) is 5.82 Å². The van der Waals surface area contributed by atoms with Gasteiger partial charge in [-0.05, 0) is 41.9 Å². The molecule has 0 heterocycles. The SMILES string of the molecule is CC.CC(C)C(C)(C)CCc1ccc(Cl)c(F)c1. The van der Waals surface area contributed by atoms with Crippen LogP contribution in [0.4, 0.5) is 4.39 Å². The molecule has 0 bridgehead atoms. The summed E-state index contributed by atoms with van der Waals surface area (Å²) in [5.74, 6) is 0.311. The summed E-state index contributed by atoms with van der Waals surface area (Å²) in [5.41, 5.74) is 1.31. The van der Waals surface area contributed by atoms with Gasteiger partial charge in [0.2, 0.25) is 0 Å². The van der Waals surface area contributed by atoms with Crippen molar-refractivity contribution >= 4 is 11.6 Å². The topological polar surface area (TPSA) is 0 Å². The summed E-state index contributed by atoms with van der Waals surface area (Å²) in [4.78, 5) is 0. The van der Waals surface area contributed by atoms with E-state index < -0.39 is 0 Å². The zero-order valence-electron chi connectivity index (χ0n) is 12.5. The fraction of sp³-hybridized carbons (Fsp3) is 0.625. The van der Waals surface area contributed by atoms with Gasteiger partial charge in [0.15, 0.2) is 0 Å². The second-order valence-corrected chi connectivity index (χ2v) is 5.80. The van der Waals surface area contributed by atoms with Gasteiger partial charge < -0.3 is 0 Å². The van der Waals surface area contributed by atoms with Crippen LogP contribution in [0.15, 0.2) is 18.2 Å². The van der Waals surface area contributed by atoms with Crippen LogP contribution >= 0.6 is 11.6 Å². The predicted molar refractivity (Wildman–Crippen MR) is 79.7 cm³/mol. The Morgan fingerprint density at radius 1 is 1.22 bits per heavy atom. The average molecular weight is 273 g/mol. The van der Waals surface area contributed by atoms with E-state index in [1.165, 1.54) is 0 Å². The first kappa shape index (κ1) is 17.4. The Morgan fingerprint density at radius 2 is 1.78 bits per heavy atom. The molecule has 1 rings (SSSR count). The van der Waals surface area contributed by atoms with Crippen molar-refractivity contribution in [1.82, 2.24) is 0 Å². The minimum absolute atomic E-state index is 0.201. The van der Waals surface area contributed by atoms with Crippen molar-refractivity contribution in [3.63, 3.8) is 0 Å². The number of aryl methyl sites for hydroxylation is 1. The van der Waals surface area contributed by atoms with Gasteiger partial charge in [0.25, 0.3) is 0 Å². The van der Waals surface area contributed by atoms with E-state index in [1.54, 1.807) is 12.1 Å². The number of rotatable bonds is 4. The highest BCUT2D eigenvalue weighted by molar-refractivity contribution is 6.30. The first-order valence-corrected chi connectivity index (χ1v) is 7.14. The molecule has 0 nitrogen and oxygen atoms in total. The van der Waals surface area contributed by atoms with E-state index in [0.29, 0.717) is 5.92 Å².